The highest BCUT2D eigenvalue weighted by Gasteiger charge is 2.24. The standard InChI is InChI=1S/C59H37N5/c1-3-18-38(19-4-1)41-36-37-49(44-26-10-9-25-43(41)44)58-60-57(40-21-5-2-6-22-40)61-59(62-58)50-31-16-29-47-45-27-11-14-33-53(45)64(55(47)50)54-35-17-30-48-46-28-12-13-32-52(46)63(56(48)54)51-34-15-23-39-20-7-8-24-42(39)51/h1-37H. The minimum atomic E-state index is 0.608. The lowest BCUT2D eigenvalue weighted by Gasteiger charge is -2.17. The summed E-state index contributed by atoms with van der Waals surface area (Å²) in [5.74, 6) is 1.85. The monoisotopic (exact) mass is 815 g/mol. The predicted molar refractivity (Wildman–Crippen MR) is 265 cm³/mol. The number of benzene rings is 10. The predicted octanol–water partition coefficient (Wildman–Crippen LogP) is 15.0. The van der Waals surface area contributed by atoms with Crippen molar-refractivity contribution in [2.45, 2.75) is 0 Å². The molecule has 0 bridgehead atoms. The van der Waals surface area contributed by atoms with Gasteiger partial charge in [0.15, 0.2) is 17.5 Å². The molecule has 64 heavy (non-hydrogen) atoms. The first-order chi connectivity index (χ1) is 31.8. The Morgan fingerprint density at radius 1 is 0.250 bits per heavy atom. The molecule has 13 rings (SSSR count). The van der Waals surface area contributed by atoms with Crippen LogP contribution in [0.15, 0.2) is 224 Å². The Bertz CT molecular complexity index is 3950. The molecule has 0 aliphatic heterocycles. The molecule has 0 aliphatic carbocycles. The minimum absolute atomic E-state index is 0.608. The normalized spacial score (nSPS) is 11.8. The number of fused-ring (bicyclic) bond motifs is 8. The minimum Gasteiger partial charge on any atom is -0.307 e. The van der Waals surface area contributed by atoms with E-state index in [9.17, 15) is 0 Å². The summed E-state index contributed by atoms with van der Waals surface area (Å²) in [6.45, 7) is 0. The molecule has 13 aromatic rings. The van der Waals surface area contributed by atoms with Crippen LogP contribution in [0, 0.1) is 0 Å². The SMILES string of the molecule is c1ccc(-c2nc(-c3ccc(-c4ccccc4)c4ccccc34)nc(-c3cccc4c5ccccc5n(-c5cccc6c7ccccc7n(-c7cccc8ccccc78)c56)c34)n2)cc1. The van der Waals surface area contributed by atoms with Crippen molar-refractivity contribution < 1.29 is 0 Å². The van der Waals surface area contributed by atoms with Crippen LogP contribution >= 0.6 is 0 Å². The van der Waals surface area contributed by atoms with Crippen molar-refractivity contribution in [3.63, 3.8) is 0 Å². The first kappa shape index (κ1) is 36.0. The Balaban J connectivity index is 1.12. The van der Waals surface area contributed by atoms with Gasteiger partial charge in [0.2, 0.25) is 0 Å². The highest BCUT2D eigenvalue weighted by molar-refractivity contribution is 6.17. The van der Waals surface area contributed by atoms with Crippen LogP contribution in [-0.2, 0) is 0 Å². The second kappa shape index (κ2) is 14.5. The highest BCUT2D eigenvalue weighted by atomic mass is 15.1. The summed E-state index contributed by atoms with van der Waals surface area (Å²) in [6.07, 6.45) is 0. The fourth-order valence-electron chi connectivity index (χ4n) is 9.98. The summed E-state index contributed by atoms with van der Waals surface area (Å²) in [4.78, 5) is 16.1. The molecule has 0 radical (unpaired) electrons. The van der Waals surface area contributed by atoms with Crippen LogP contribution < -0.4 is 0 Å². The summed E-state index contributed by atoms with van der Waals surface area (Å²) < 4.78 is 4.91. The Hall–Kier alpha value is -8.67. The number of hydrogen-bond acceptors (Lipinski definition) is 3. The number of aromatic nitrogens is 5. The molecule has 0 aliphatic rings. The van der Waals surface area contributed by atoms with Gasteiger partial charge in [-0.3, -0.25) is 0 Å². The van der Waals surface area contributed by atoms with E-state index < -0.39 is 0 Å². The van der Waals surface area contributed by atoms with Crippen molar-refractivity contribution in [2.24, 2.45) is 0 Å². The maximum Gasteiger partial charge on any atom is 0.166 e. The lowest BCUT2D eigenvalue weighted by Crippen LogP contribution is -2.04. The van der Waals surface area contributed by atoms with Crippen molar-refractivity contribution in [3.05, 3.63) is 224 Å². The molecule has 0 saturated heterocycles. The highest BCUT2D eigenvalue weighted by Crippen LogP contribution is 2.43. The summed E-state index contributed by atoms with van der Waals surface area (Å²) >= 11 is 0. The molecule has 0 spiro atoms. The van der Waals surface area contributed by atoms with E-state index in [4.69, 9.17) is 15.0 Å². The van der Waals surface area contributed by atoms with Crippen molar-refractivity contribution in [2.75, 3.05) is 0 Å². The van der Waals surface area contributed by atoms with E-state index in [2.05, 4.69) is 215 Å². The Kier molecular flexibility index (Phi) is 8.15. The molecule has 0 atom stereocenters. The van der Waals surface area contributed by atoms with Gasteiger partial charge in [0, 0.05) is 43.6 Å². The molecular weight excluding hydrogens is 779 g/mol. The van der Waals surface area contributed by atoms with Crippen molar-refractivity contribution >= 4 is 65.2 Å². The third-order valence-electron chi connectivity index (χ3n) is 12.8. The van der Waals surface area contributed by atoms with Crippen LogP contribution in [0.5, 0.6) is 0 Å². The average molecular weight is 816 g/mol. The van der Waals surface area contributed by atoms with Gasteiger partial charge in [0.05, 0.1) is 33.4 Å². The van der Waals surface area contributed by atoms with Gasteiger partial charge in [-0.15, -0.1) is 0 Å². The molecule has 10 aromatic carbocycles. The molecule has 0 amide bonds. The van der Waals surface area contributed by atoms with Crippen LogP contribution in [0.25, 0.3) is 122 Å². The molecule has 0 saturated carbocycles. The molecule has 3 aromatic heterocycles. The van der Waals surface area contributed by atoms with Gasteiger partial charge in [0.1, 0.15) is 0 Å². The molecule has 3 heterocycles. The summed E-state index contributed by atoms with van der Waals surface area (Å²) in [7, 11) is 0. The van der Waals surface area contributed by atoms with Crippen LogP contribution in [-0.4, -0.2) is 24.1 Å². The van der Waals surface area contributed by atoms with Crippen molar-refractivity contribution in [1.82, 2.24) is 24.1 Å². The summed E-state index contributed by atoms with van der Waals surface area (Å²) in [6, 6.07) is 79.8. The van der Waals surface area contributed by atoms with E-state index in [-0.39, 0.29) is 0 Å². The van der Waals surface area contributed by atoms with Gasteiger partial charge in [-0.1, -0.05) is 188 Å². The van der Waals surface area contributed by atoms with Gasteiger partial charge in [-0.05, 0) is 63.7 Å². The molecule has 0 fully saturated rings. The van der Waals surface area contributed by atoms with Gasteiger partial charge < -0.3 is 9.13 Å². The van der Waals surface area contributed by atoms with Crippen LogP contribution in [0.1, 0.15) is 0 Å². The van der Waals surface area contributed by atoms with E-state index in [1.54, 1.807) is 0 Å². The molecular formula is C59H37N5. The average Bonchev–Trinajstić information content (AvgIpc) is 3.89. The van der Waals surface area contributed by atoms with Crippen LogP contribution in [0.3, 0.4) is 0 Å². The smallest absolute Gasteiger partial charge is 0.166 e. The largest absolute Gasteiger partial charge is 0.307 e. The van der Waals surface area contributed by atoms with E-state index in [0.717, 1.165) is 71.7 Å². The Morgan fingerprint density at radius 3 is 1.42 bits per heavy atom. The van der Waals surface area contributed by atoms with Gasteiger partial charge >= 0.3 is 0 Å². The number of rotatable bonds is 6. The quantitative estimate of drug-likeness (QED) is 0.168. The fourth-order valence-corrected chi connectivity index (χ4v) is 9.98. The summed E-state index contributed by atoms with van der Waals surface area (Å²) in [5, 5.41) is 9.29. The van der Waals surface area contributed by atoms with Crippen molar-refractivity contribution in [3.8, 4) is 56.7 Å². The van der Waals surface area contributed by atoms with Gasteiger partial charge in [0.25, 0.3) is 0 Å². The van der Waals surface area contributed by atoms with Gasteiger partial charge in [-0.2, -0.15) is 0 Å². The molecule has 5 heteroatoms. The second-order valence-electron chi connectivity index (χ2n) is 16.3. The number of para-hydroxylation sites is 4. The van der Waals surface area contributed by atoms with E-state index in [0.29, 0.717) is 17.5 Å². The first-order valence-electron chi connectivity index (χ1n) is 21.7. The zero-order chi connectivity index (χ0) is 42.1. The maximum atomic E-state index is 5.46. The topological polar surface area (TPSA) is 48.5 Å². The molecule has 298 valence electrons. The third kappa shape index (κ3) is 5.54. The van der Waals surface area contributed by atoms with Crippen LogP contribution in [0.4, 0.5) is 0 Å². The zero-order valence-electron chi connectivity index (χ0n) is 34.6. The van der Waals surface area contributed by atoms with Crippen molar-refractivity contribution in [1.29, 1.82) is 0 Å². The Morgan fingerprint density at radius 2 is 0.703 bits per heavy atom. The van der Waals surface area contributed by atoms with E-state index in [1.807, 2.05) is 18.2 Å². The first-order valence-corrected chi connectivity index (χ1v) is 21.7. The lowest BCUT2D eigenvalue weighted by atomic mass is 9.94. The molecule has 5 nitrogen and oxygen atoms in total. The second-order valence-corrected chi connectivity index (χ2v) is 16.3. The number of nitrogens with zero attached hydrogens (tertiary/aromatic N) is 5. The van der Waals surface area contributed by atoms with E-state index in [1.165, 1.54) is 32.7 Å². The number of hydrogen-bond donors (Lipinski definition) is 0. The molecule has 0 N–H and O–H groups in total. The Labute approximate surface area is 368 Å². The third-order valence-corrected chi connectivity index (χ3v) is 12.8. The van der Waals surface area contributed by atoms with Crippen LogP contribution in [0.2, 0.25) is 0 Å². The van der Waals surface area contributed by atoms with Gasteiger partial charge in [-0.25, -0.2) is 15.0 Å². The lowest BCUT2D eigenvalue weighted by molar-refractivity contribution is 1.07. The zero-order valence-corrected chi connectivity index (χ0v) is 34.6. The molecule has 0 unspecified atom stereocenters. The summed E-state index contributed by atoms with van der Waals surface area (Å²) in [5.41, 5.74) is 11.8. The fraction of sp³-hybridized carbons (Fsp3) is 0. The maximum absolute atomic E-state index is 5.46. The van der Waals surface area contributed by atoms with E-state index >= 15 is 0 Å².